The molecule has 4 atom stereocenters. The lowest BCUT2D eigenvalue weighted by Crippen LogP contribution is -2.51. The van der Waals surface area contributed by atoms with Crippen LogP contribution in [0.5, 0.6) is 0 Å². The smallest absolute Gasteiger partial charge is 0.233 e. The number of likely N-dealkylation sites (tertiary alicyclic amines) is 1. The van der Waals surface area contributed by atoms with Gasteiger partial charge in [0.2, 0.25) is 11.8 Å². The van der Waals surface area contributed by atoms with Crippen LogP contribution in [0, 0.1) is 29.1 Å². The summed E-state index contributed by atoms with van der Waals surface area (Å²) < 4.78 is 5.25. The maximum absolute atomic E-state index is 12.6. The van der Waals surface area contributed by atoms with Crippen LogP contribution in [-0.4, -0.2) is 62.6 Å². The lowest BCUT2D eigenvalue weighted by Gasteiger charge is -2.38. The Morgan fingerprint density at radius 1 is 1.24 bits per heavy atom. The summed E-state index contributed by atoms with van der Waals surface area (Å²) in [6.07, 6.45) is 5.21. The van der Waals surface area contributed by atoms with E-state index in [4.69, 9.17) is 4.74 Å². The van der Waals surface area contributed by atoms with Crippen LogP contribution in [-0.2, 0) is 14.3 Å². The Hall–Kier alpha value is -1.89. The number of carbonyl (C=O) groups is 2. The third-order valence-corrected chi connectivity index (χ3v) is 6.00. The van der Waals surface area contributed by atoms with Crippen molar-refractivity contribution in [2.75, 3.05) is 39.9 Å². The number of hydrogen-bond acceptors (Lipinski definition) is 4. The van der Waals surface area contributed by atoms with E-state index in [1.54, 1.807) is 7.05 Å². The fourth-order valence-corrected chi connectivity index (χ4v) is 4.54. The number of imide groups is 1. The van der Waals surface area contributed by atoms with Crippen molar-refractivity contribution in [2.45, 2.75) is 13.3 Å². The van der Waals surface area contributed by atoms with E-state index < -0.39 is 0 Å². The highest BCUT2D eigenvalue weighted by Crippen LogP contribution is 2.52. The summed E-state index contributed by atoms with van der Waals surface area (Å²) in [7, 11) is 1.72. The number of nitrogens with one attached hydrogen (secondary N) is 2. The summed E-state index contributed by atoms with van der Waals surface area (Å²) in [5.74, 6) is 1.02. The minimum absolute atomic E-state index is 0.00993. The molecule has 2 heterocycles. The van der Waals surface area contributed by atoms with Gasteiger partial charge in [0, 0.05) is 32.1 Å². The Labute approximate surface area is 147 Å². The number of guanidine groups is 1. The van der Waals surface area contributed by atoms with Gasteiger partial charge in [-0.3, -0.25) is 19.5 Å². The molecule has 0 radical (unpaired) electrons. The highest BCUT2D eigenvalue weighted by atomic mass is 16.5. The number of fused-ring (bicyclic) bond motifs is 5. The van der Waals surface area contributed by atoms with E-state index in [0.29, 0.717) is 19.0 Å². The largest absolute Gasteiger partial charge is 0.380 e. The zero-order chi connectivity index (χ0) is 17.6. The molecule has 0 spiro atoms. The van der Waals surface area contributed by atoms with Crippen LogP contribution in [0.1, 0.15) is 13.3 Å². The van der Waals surface area contributed by atoms with Crippen molar-refractivity contribution in [3.8, 4) is 0 Å². The maximum Gasteiger partial charge on any atom is 0.233 e. The summed E-state index contributed by atoms with van der Waals surface area (Å²) in [5, 5.41) is 6.48. The van der Waals surface area contributed by atoms with Crippen LogP contribution >= 0.6 is 0 Å². The Bertz CT molecular complexity index is 610. The van der Waals surface area contributed by atoms with Crippen molar-refractivity contribution < 1.29 is 14.3 Å². The summed E-state index contributed by atoms with van der Waals surface area (Å²) in [5.41, 5.74) is 0.155. The van der Waals surface area contributed by atoms with Crippen molar-refractivity contribution in [2.24, 2.45) is 34.1 Å². The third-order valence-electron chi connectivity index (χ3n) is 6.00. The molecule has 2 saturated heterocycles. The van der Waals surface area contributed by atoms with Gasteiger partial charge in [-0.25, -0.2) is 0 Å². The molecule has 0 aromatic rings. The zero-order valence-electron chi connectivity index (χ0n) is 14.8. The van der Waals surface area contributed by atoms with Gasteiger partial charge in [-0.15, -0.1) is 0 Å². The van der Waals surface area contributed by atoms with E-state index in [1.165, 1.54) is 4.90 Å². The van der Waals surface area contributed by atoms with E-state index in [-0.39, 0.29) is 40.9 Å². The minimum Gasteiger partial charge on any atom is -0.380 e. The quantitative estimate of drug-likeness (QED) is 0.317. The number of amides is 2. The van der Waals surface area contributed by atoms with Gasteiger partial charge in [0.25, 0.3) is 0 Å². The van der Waals surface area contributed by atoms with Crippen LogP contribution in [0.25, 0.3) is 0 Å². The molecule has 25 heavy (non-hydrogen) atoms. The van der Waals surface area contributed by atoms with Crippen LogP contribution in [0.3, 0.4) is 0 Å². The summed E-state index contributed by atoms with van der Waals surface area (Å²) in [6.45, 7) is 5.37. The first-order chi connectivity index (χ1) is 12.0. The van der Waals surface area contributed by atoms with Crippen LogP contribution < -0.4 is 10.6 Å². The van der Waals surface area contributed by atoms with E-state index in [2.05, 4.69) is 34.7 Å². The number of hydrogen-bond donors (Lipinski definition) is 2. The molecule has 2 N–H and O–H groups in total. The molecule has 4 aliphatic rings. The molecule has 2 amide bonds. The number of nitrogens with zero attached hydrogens (tertiary/aromatic N) is 2. The molecule has 2 aliphatic carbocycles. The minimum atomic E-state index is -0.112. The first-order valence-electron chi connectivity index (χ1n) is 9.08. The van der Waals surface area contributed by atoms with Crippen molar-refractivity contribution in [3.05, 3.63) is 12.2 Å². The summed E-state index contributed by atoms with van der Waals surface area (Å²) in [6, 6.07) is 0. The molecule has 4 unspecified atom stereocenters. The summed E-state index contributed by atoms with van der Waals surface area (Å²) >= 11 is 0. The average molecular weight is 346 g/mol. The lowest BCUT2D eigenvalue weighted by molar-refractivity contribution is -0.140. The van der Waals surface area contributed by atoms with E-state index in [9.17, 15) is 9.59 Å². The summed E-state index contributed by atoms with van der Waals surface area (Å²) in [4.78, 5) is 30.9. The monoisotopic (exact) mass is 346 g/mol. The molecule has 2 bridgehead atoms. The molecule has 0 aromatic heterocycles. The van der Waals surface area contributed by atoms with Crippen LogP contribution in [0.4, 0.5) is 0 Å². The van der Waals surface area contributed by atoms with Crippen LogP contribution in [0.15, 0.2) is 17.1 Å². The Balaban J connectivity index is 1.27. The van der Waals surface area contributed by atoms with Gasteiger partial charge < -0.3 is 15.4 Å². The lowest BCUT2D eigenvalue weighted by atomic mass is 9.85. The Morgan fingerprint density at radius 2 is 1.88 bits per heavy atom. The molecule has 0 aromatic carbocycles. The van der Waals surface area contributed by atoms with Crippen molar-refractivity contribution in [1.29, 1.82) is 0 Å². The van der Waals surface area contributed by atoms with Gasteiger partial charge in [0.1, 0.15) is 0 Å². The molecule has 7 nitrogen and oxygen atoms in total. The SMILES string of the molecule is CN=C(NCCN1C(=O)C2C3C=CC(C3)C2C1=O)NCC1(C)COC1. The van der Waals surface area contributed by atoms with E-state index in [1.807, 2.05) is 0 Å². The second-order valence-corrected chi connectivity index (χ2v) is 7.98. The van der Waals surface area contributed by atoms with Gasteiger partial charge in [-0.1, -0.05) is 19.1 Å². The normalized spacial score (nSPS) is 35.1. The average Bonchev–Trinajstić information content (AvgIpc) is 3.25. The van der Waals surface area contributed by atoms with E-state index >= 15 is 0 Å². The number of aliphatic imine (C=N–C) groups is 1. The van der Waals surface area contributed by atoms with Crippen molar-refractivity contribution >= 4 is 17.8 Å². The second kappa shape index (κ2) is 6.12. The van der Waals surface area contributed by atoms with Gasteiger partial charge in [0.05, 0.1) is 25.0 Å². The predicted octanol–water partition coefficient (Wildman–Crippen LogP) is -0.00500. The Morgan fingerprint density at radius 3 is 2.40 bits per heavy atom. The third kappa shape index (κ3) is 2.74. The molecule has 4 rings (SSSR count). The van der Waals surface area contributed by atoms with Gasteiger partial charge in [-0.05, 0) is 18.3 Å². The second-order valence-electron chi connectivity index (χ2n) is 7.98. The first kappa shape index (κ1) is 16.6. The fourth-order valence-electron chi connectivity index (χ4n) is 4.54. The molecule has 7 heteroatoms. The number of rotatable bonds is 5. The zero-order valence-corrected chi connectivity index (χ0v) is 14.8. The molecule has 1 saturated carbocycles. The molecular formula is C18H26N4O3. The first-order valence-corrected chi connectivity index (χ1v) is 9.08. The molecule has 136 valence electrons. The fraction of sp³-hybridized carbons (Fsp3) is 0.722. The molecule has 3 fully saturated rings. The highest BCUT2D eigenvalue weighted by molar-refractivity contribution is 6.06. The number of allylic oxidation sites excluding steroid dienone is 2. The van der Waals surface area contributed by atoms with Crippen LogP contribution in [0.2, 0.25) is 0 Å². The van der Waals surface area contributed by atoms with Crippen molar-refractivity contribution in [1.82, 2.24) is 15.5 Å². The van der Waals surface area contributed by atoms with Gasteiger partial charge >= 0.3 is 0 Å². The number of carbonyl (C=O) groups excluding carboxylic acids is 2. The highest BCUT2D eigenvalue weighted by Gasteiger charge is 2.58. The predicted molar refractivity (Wildman–Crippen MR) is 92.7 cm³/mol. The maximum atomic E-state index is 12.6. The van der Waals surface area contributed by atoms with E-state index in [0.717, 1.165) is 26.2 Å². The van der Waals surface area contributed by atoms with Crippen molar-refractivity contribution in [3.63, 3.8) is 0 Å². The molecule has 2 aliphatic heterocycles. The topological polar surface area (TPSA) is 83.0 Å². The molecular weight excluding hydrogens is 320 g/mol. The van der Waals surface area contributed by atoms with Gasteiger partial charge in [0.15, 0.2) is 5.96 Å². The Kier molecular flexibility index (Phi) is 4.06. The van der Waals surface area contributed by atoms with Gasteiger partial charge in [-0.2, -0.15) is 0 Å². The number of ether oxygens (including phenoxy) is 1. The standard InChI is InChI=1S/C18H26N4O3/c1-18(9-25-10-18)8-21-17(19-2)20-5-6-22-15(23)13-11-3-4-12(7-11)14(13)16(22)24/h3-4,11-14H,5-10H2,1-2H3,(H2,19,20,21).